The number of aromatic nitrogens is 6. The average Bonchev–Trinajstić information content (AvgIpc) is 3.55. The fourth-order valence-corrected chi connectivity index (χ4v) is 4.93. The minimum Gasteiger partial charge on any atom is -0.367 e. The summed E-state index contributed by atoms with van der Waals surface area (Å²) < 4.78 is 0. The maximum absolute atomic E-state index is 12.2. The van der Waals surface area contributed by atoms with Gasteiger partial charge in [0.1, 0.15) is 11.2 Å². The number of nitrogens with one attached hydrogen (secondary N) is 3. The molecule has 1 saturated carbocycles. The molecule has 5 aromatic rings. The van der Waals surface area contributed by atoms with Crippen LogP contribution in [0.4, 0.5) is 11.4 Å². The number of piperazine rings is 1. The molecule has 0 unspecified atom stereocenters. The summed E-state index contributed by atoms with van der Waals surface area (Å²) in [6, 6.07) is 10.2. The molecule has 3 N–H and O–H groups in total. The number of amides is 1. The predicted molar refractivity (Wildman–Crippen MR) is 143 cm³/mol. The molecular formula is C27H27N9O. The van der Waals surface area contributed by atoms with E-state index in [1.807, 2.05) is 12.1 Å². The lowest BCUT2D eigenvalue weighted by molar-refractivity contribution is -0.117. The van der Waals surface area contributed by atoms with Gasteiger partial charge in [0, 0.05) is 55.6 Å². The monoisotopic (exact) mass is 493 g/mol. The molecule has 1 saturated heterocycles. The van der Waals surface area contributed by atoms with E-state index < -0.39 is 0 Å². The van der Waals surface area contributed by atoms with Gasteiger partial charge in [-0.2, -0.15) is 5.10 Å². The average molecular weight is 494 g/mol. The molecule has 5 heterocycles. The van der Waals surface area contributed by atoms with E-state index in [1.165, 1.54) is 0 Å². The highest BCUT2D eigenvalue weighted by Crippen LogP contribution is 2.33. The van der Waals surface area contributed by atoms with E-state index in [2.05, 4.69) is 65.5 Å². The Hall–Kier alpha value is -4.31. The van der Waals surface area contributed by atoms with Gasteiger partial charge in [0.25, 0.3) is 0 Å². The number of carbonyl (C=O) groups is 1. The zero-order valence-electron chi connectivity index (χ0n) is 20.5. The van der Waals surface area contributed by atoms with Gasteiger partial charge in [-0.3, -0.25) is 14.9 Å². The first kappa shape index (κ1) is 21.9. The standard InChI is InChI=1S/C27H27N9O/c1-35-7-9-36(10-8-35)22-4-2-3-21-24(22)32-26(31-21)23-20-12-18(14-29-25(20)34-33-23)17-11-19(15-28-13-17)30-27(37)16-5-6-16/h2-4,11-16H,5-10H2,1H3,(H,30,37)(H,31,32)(H,29,33,34). The minimum atomic E-state index is 0.0606. The number of anilines is 2. The normalized spacial score (nSPS) is 16.5. The minimum absolute atomic E-state index is 0.0606. The number of imidazole rings is 1. The number of likely N-dealkylation sites (N-methyl/N-ethyl adjacent to an activating group) is 1. The van der Waals surface area contributed by atoms with E-state index in [1.54, 1.807) is 18.6 Å². The van der Waals surface area contributed by atoms with Gasteiger partial charge in [0.15, 0.2) is 11.5 Å². The van der Waals surface area contributed by atoms with Gasteiger partial charge in [-0.05, 0) is 44.2 Å². The second kappa shape index (κ2) is 8.67. The number of rotatable bonds is 5. The summed E-state index contributed by atoms with van der Waals surface area (Å²) in [4.78, 5) is 34.3. The van der Waals surface area contributed by atoms with E-state index in [0.717, 1.165) is 83.8 Å². The van der Waals surface area contributed by atoms with Crippen molar-refractivity contribution in [3.05, 3.63) is 48.9 Å². The van der Waals surface area contributed by atoms with Gasteiger partial charge < -0.3 is 20.1 Å². The van der Waals surface area contributed by atoms with Crippen molar-refractivity contribution < 1.29 is 4.79 Å². The summed E-state index contributed by atoms with van der Waals surface area (Å²) in [5.74, 6) is 0.919. The summed E-state index contributed by atoms with van der Waals surface area (Å²) in [6.07, 6.45) is 7.15. The van der Waals surface area contributed by atoms with Crippen LogP contribution in [0.2, 0.25) is 0 Å². The van der Waals surface area contributed by atoms with E-state index in [0.29, 0.717) is 11.3 Å². The van der Waals surface area contributed by atoms with E-state index in [4.69, 9.17) is 4.98 Å². The Labute approximate surface area is 213 Å². The van der Waals surface area contributed by atoms with Crippen molar-refractivity contribution in [3.8, 4) is 22.6 Å². The Morgan fingerprint density at radius 2 is 1.89 bits per heavy atom. The van der Waals surface area contributed by atoms with Crippen LogP contribution in [-0.2, 0) is 4.79 Å². The van der Waals surface area contributed by atoms with Gasteiger partial charge in [-0.25, -0.2) is 9.97 Å². The van der Waals surface area contributed by atoms with E-state index >= 15 is 0 Å². The summed E-state index contributed by atoms with van der Waals surface area (Å²) in [6.45, 7) is 4.03. The number of para-hydroxylation sites is 1. The molecule has 0 radical (unpaired) electrons. The molecule has 186 valence electrons. The van der Waals surface area contributed by atoms with Crippen molar-refractivity contribution in [2.24, 2.45) is 5.92 Å². The van der Waals surface area contributed by atoms with Crippen LogP contribution in [0, 0.1) is 5.92 Å². The van der Waals surface area contributed by atoms with Crippen molar-refractivity contribution in [1.29, 1.82) is 0 Å². The molecule has 1 amide bonds. The molecule has 4 aromatic heterocycles. The molecule has 2 fully saturated rings. The van der Waals surface area contributed by atoms with Crippen molar-refractivity contribution >= 4 is 39.3 Å². The quantitative estimate of drug-likeness (QED) is 0.342. The lowest BCUT2D eigenvalue weighted by Crippen LogP contribution is -2.44. The molecule has 1 aliphatic heterocycles. The lowest BCUT2D eigenvalue weighted by atomic mass is 10.1. The Morgan fingerprint density at radius 1 is 1.05 bits per heavy atom. The molecule has 0 bridgehead atoms. The zero-order chi connectivity index (χ0) is 24.9. The highest BCUT2D eigenvalue weighted by molar-refractivity contribution is 5.97. The van der Waals surface area contributed by atoms with E-state index in [9.17, 15) is 4.79 Å². The first-order valence-corrected chi connectivity index (χ1v) is 12.7. The van der Waals surface area contributed by atoms with Crippen molar-refractivity contribution in [2.45, 2.75) is 12.8 Å². The summed E-state index contributed by atoms with van der Waals surface area (Å²) in [5.41, 5.74) is 6.94. The first-order chi connectivity index (χ1) is 18.1. The van der Waals surface area contributed by atoms with Gasteiger partial charge in [-0.15, -0.1) is 0 Å². The van der Waals surface area contributed by atoms with Crippen LogP contribution in [0.15, 0.2) is 48.9 Å². The van der Waals surface area contributed by atoms with Crippen LogP contribution < -0.4 is 10.2 Å². The molecule has 10 nitrogen and oxygen atoms in total. The van der Waals surface area contributed by atoms with Gasteiger partial charge in [0.05, 0.1) is 28.5 Å². The maximum atomic E-state index is 12.2. The highest BCUT2D eigenvalue weighted by Gasteiger charge is 2.29. The van der Waals surface area contributed by atoms with Crippen molar-refractivity contribution in [2.75, 3.05) is 43.4 Å². The molecule has 0 atom stereocenters. The second-order valence-corrected chi connectivity index (χ2v) is 9.97. The largest absolute Gasteiger partial charge is 0.367 e. The SMILES string of the molecule is CN1CCN(c2cccc3[nH]c(-c4[nH]nc5ncc(-c6cncc(NC(=O)C7CC7)c6)cc45)nc23)CC1. The summed E-state index contributed by atoms with van der Waals surface area (Å²) in [5, 5.41) is 11.4. The Bertz CT molecular complexity index is 1630. The Balaban J connectivity index is 1.24. The molecular weight excluding hydrogens is 466 g/mol. The Morgan fingerprint density at radius 3 is 2.73 bits per heavy atom. The number of nitrogens with zero attached hydrogens (tertiary/aromatic N) is 6. The highest BCUT2D eigenvalue weighted by atomic mass is 16.2. The summed E-state index contributed by atoms with van der Waals surface area (Å²) in [7, 11) is 2.16. The number of fused-ring (bicyclic) bond motifs is 2. The fourth-order valence-electron chi connectivity index (χ4n) is 4.93. The number of pyridine rings is 2. The van der Waals surface area contributed by atoms with Crippen molar-refractivity contribution in [1.82, 2.24) is 35.0 Å². The van der Waals surface area contributed by atoms with Crippen LogP contribution in [-0.4, -0.2) is 74.2 Å². The third-order valence-electron chi connectivity index (χ3n) is 7.27. The first-order valence-electron chi connectivity index (χ1n) is 12.7. The molecule has 10 heteroatoms. The van der Waals surface area contributed by atoms with Crippen molar-refractivity contribution in [3.63, 3.8) is 0 Å². The topological polar surface area (TPSA) is 119 Å². The third-order valence-corrected chi connectivity index (χ3v) is 7.27. The zero-order valence-corrected chi connectivity index (χ0v) is 20.5. The number of hydrogen-bond acceptors (Lipinski definition) is 7. The maximum Gasteiger partial charge on any atom is 0.227 e. The molecule has 2 aliphatic rings. The van der Waals surface area contributed by atoms with Crippen LogP contribution in [0.25, 0.3) is 44.7 Å². The number of hydrogen-bond donors (Lipinski definition) is 3. The number of carbonyl (C=O) groups excluding carboxylic acids is 1. The van der Waals surface area contributed by atoms with Crippen LogP contribution >= 0.6 is 0 Å². The van der Waals surface area contributed by atoms with Gasteiger partial charge in [0.2, 0.25) is 5.91 Å². The van der Waals surface area contributed by atoms with Crippen LogP contribution in [0.1, 0.15) is 12.8 Å². The molecule has 7 rings (SSSR count). The summed E-state index contributed by atoms with van der Waals surface area (Å²) >= 11 is 0. The van der Waals surface area contributed by atoms with Gasteiger partial charge >= 0.3 is 0 Å². The van der Waals surface area contributed by atoms with Gasteiger partial charge in [-0.1, -0.05) is 6.07 Å². The molecule has 1 aromatic carbocycles. The molecule has 1 aliphatic carbocycles. The molecule has 37 heavy (non-hydrogen) atoms. The number of H-pyrrole nitrogens is 2. The fraction of sp³-hybridized carbons (Fsp3) is 0.296. The smallest absolute Gasteiger partial charge is 0.227 e. The van der Waals surface area contributed by atoms with Crippen LogP contribution in [0.3, 0.4) is 0 Å². The number of benzene rings is 1. The third kappa shape index (κ3) is 4.09. The van der Waals surface area contributed by atoms with E-state index in [-0.39, 0.29) is 11.8 Å². The predicted octanol–water partition coefficient (Wildman–Crippen LogP) is 3.66. The molecule has 0 spiro atoms. The lowest BCUT2D eigenvalue weighted by Gasteiger charge is -2.34. The Kier molecular flexibility index (Phi) is 5.14. The second-order valence-electron chi connectivity index (χ2n) is 9.97. The number of aromatic amines is 2. The van der Waals surface area contributed by atoms with Crippen LogP contribution in [0.5, 0.6) is 0 Å².